The fourth-order valence-electron chi connectivity index (χ4n) is 1.59. The van der Waals surface area contributed by atoms with Crippen LogP contribution in [0.15, 0.2) is 33.2 Å². The molecule has 0 saturated carbocycles. The molecular weight excluding hydrogens is 362 g/mol. The summed E-state index contributed by atoms with van der Waals surface area (Å²) >= 11 is 8.91. The van der Waals surface area contributed by atoms with Gasteiger partial charge in [0.2, 0.25) is 0 Å². The van der Waals surface area contributed by atoms with Crippen molar-refractivity contribution in [2.24, 2.45) is 0 Å². The molecule has 0 atom stereocenters. The minimum Gasteiger partial charge on any atom is -0.380 e. The van der Waals surface area contributed by atoms with Crippen molar-refractivity contribution in [3.05, 3.63) is 48.5 Å². The molecule has 0 unspecified atom stereocenters. The Labute approximate surface area is 123 Å². The van der Waals surface area contributed by atoms with Gasteiger partial charge in [0.15, 0.2) is 0 Å². The maximum absolute atomic E-state index is 3.54. The molecule has 0 bridgehead atoms. The van der Waals surface area contributed by atoms with E-state index in [-0.39, 0.29) is 0 Å². The second kappa shape index (κ2) is 5.55. The zero-order valence-electron chi connectivity index (χ0n) is 9.68. The van der Waals surface area contributed by atoms with Gasteiger partial charge in [0.05, 0.1) is 0 Å². The van der Waals surface area contributed by atoms with Crippen LogP contribution in [-0.2, 0) is 6.54 Å². The van der Waals surface area contributed by atoms with Gasteiger partial charge in [-0.2, -0.15) is 0 Å². The lowest BCUT2D eigenvalue weighted by Crippen LogP contribution is -1.99. The van der Waals surface area contributed by atoms with Crippen molar-refractivity contribution in [2.75, 3.05) is 5.32 Å². The first-order chi connectivity index (χ1) is 8.08. The van der Waals surface area contributed by atoms with Crippen LogP contribution in [0.4, 0.5) is 5.69 Å². The third-order valence-corrected chi connectivity index (χ3v) is 5.62. The number of halogens is 2. The summed E-state index contributed by atoms with van der Waals surface area (Å²) in [7, 11) is 0. The summed E-state index contributed by atoms with van der Waals surface area (Å²) in [5.41, 5.74) is 2.43. The highest BCUT2D eigenvalue weighted by Gasteiger charge is 2.04. The second-order valence-corrected chi connectivity index (χ2v) is 6.93. The molecule has 0 aliphatic carbocycles. The lowest BCUT2D eigenvalue weighted by molar-refractivity contribution is 1.17. The van der Waals surface area contributed by atoms with Crippen LogP contribution in [0.3, 0.4) is 0 Å². The van der Waals surface area contributed by atoms with Crippen molar-refractivity contribution in [1.82, 2.24) is 0 Å². The third kappa shape index (κ3) is 3.12. The molecule has 0 fully saturated rings. The lowest BCUT2D eigenvalue weighted by Gasteiger charge is -2.09. The highest BCUT2D eigenvalue weighted by Crippen LogP contribution is 2.28. The first-order valence-corrected chi connectivity index (χ1v) is 7.72. The van der Waals surface area contributed by atoms with E-state index in [1.807, 2.05) is 11.3 Å². The summed E-state index contributed by atoms with van der Waals surface area (Å²) in [5, 5.41) is 3.47. The topological polar surface area (TPSA) is 12.0 Å². The molecule has 17 heavy (non-hydrogen) atoms. The van der Waals surface area contributed by atoms with Crippen LogP contribution >= 0.6 is 43.2 Å². The Hall–Kier alpha value is -0.320. The third-order valence-electron chi connectivity index (χ3n) is 2.63. The van der Waals surface area contributed by atoms with Crippen molar-refractivity contribution in [2.45, 2.75) is 20.4 Å². The zero-order valence-corrected chi connectivity index (χ0v) is 13.7. The van der Waals surface area contributed by atoms with E-state index in [1.54, 1.807) is 0 Å². The number of rotatable bonds is 3. The molecule has 0 aliphatic heterocycles. The van der Waals surface area contributed by atoms with Gasteiger partial charge < -0.3 is 5.32 Å². The quantitative estimate of drug-likeness (QED) is 0.747. The largest absolute Gasteiger partial charge is 0.380 e. The van der Waals surface area contributed by atoms with Gasteiger partial charge in [0, 0.05) is 30.9 Å². The van der Waals surface area contributed by atoms with Crippen LogP contribution in [0.1, 0.15) is 15.3 Å². The van der Waals surface area contributed by atoms with Crippen LogP contribution in [-0.4, -0.2) is 0 Å². The maximum Gasteiger partial charge on any atom is 0.0494 e. The van der Waals surface area contributed by atoms with Gasteiger partial charge >= 0.3 is 0 Å². The molecule has 1 heterocycles. The predicted octanol–water partition coefficient (Wildman–Crippen LogP) is 5.50. The van der Waals surface area contributed by atoms with Crippen LogP contribution in [0.25, 0.3) is 0 Å². The first kappa shape index (κ1) is 13.1. The standard InChI is InChI=1S/C13H13Br2NS/c1-8-11(14)4-3-5-13(8)16-7-10-6-12(15)9(2)17-10/h3-6,16H,7H2,1-2H3. The van der Waals surface area contributed by atoms with E-state index in [9.17, 15) is 0 Å². The van der Waals surface area contributed by atoms with Gasteiger partial charge in [-0.3, -0.25) is 0 Å². The van der Waals surface area contributed by atoms with Gasteiger partial charge in [-0.15, -0.1) is 11.3 Å². The van der Waals surface area contributed by atoms with E-state index in [1.165, 1.54) is 25.5 Å². The summed E-state index contributed by atoms with van der Waals surface area (Å²) in [6, 6.07) is 8.40. The van der Waals surface area contributed by atoms with Crippen LogP contribution < -0.4 is 5.32 Å². The number of benzene rings is 1. The number of hydrogen-bond donors (Lipinski definition) is 1. The monoisotopic (exact) mass is 373 g/mol. The number of aryl methyl sites for hydroxylation is 1. The average Bonchev–Trinajstić information content (AvgIpc) is 2.61. The maximum atomic E-state index is 3.54. The van der Waals surface area contributed by atoms with E-state index in [0.29, 0.717) is 0 Å². The fraction of sp³-hybridized carbons (Fsp3) is 0.231. The summed E-state index contributed by atoms with van der Waals surface area (Å²) < 4.78 is 2.34. The highest BCUT2D eigenvalue weighted by molar-refractivity contribution is 9.10. The number of nitrogens with one attached hydrogen (secondary N) is 1. The van der Waals surface area contributed by atoms with Crippen molar-refractivity contribution < 1.29 is 0 Å². The average molecular weight is 375 g/mol. The normalized spacial score (nSPS) is 10.6. The predicted molar refractivity (Wildman–Crippen MR) is 83.0 cm³/mol. The highest BCUT2D eigenvalue weighted by atomic mass is 79.9. The van der Waals surface area contributed by atoms with Crippen LogP contribution in [0, 0.1) is 13.8 Å². The number of anilines is 1. The summed E-state index contributed by atoms with van der Waals surface area (Å²) in [6.45, 7) is 5.11. The molecule has 4 heteroatoms. The Kier molecular flexibility index (Phi) is 4.28. The molecule has 0 amide bonds. The smallest absolute Gasteiger partial charge is 0.0494 e. The molecule has 0 aliphatic rings. The molecule has 1 aromatic carbocycles. The Morgan fingerprint density at radius 2 is 1.94 bits per heavy atom. The van der Waals surface area contributed by atoms with Crippen molar-refractivity contribution >= 4 is 48.9 Å². The molecule has 1 N–H and O–H groups in total. The van der Waals surface area contributed by atoms with Crippen LogP contribution in [0.5, 0.6) is 0 Å². The molecule has 2 aromatic rings. The fourth-order valence-corrected chi connectivity index (χ4v) is 3.49. The SMILES string of the molecule is Cc1sc(CNc2cccc(Br)c2C)cc1Br. The molecule has 1 nitrogen and oxygen atoms in total. The van der Waals surface area contributed by atoms with Crippen molar-refractivity contribution in [3.8, 4) is 0 Å². The van der Waals surface area contributed by atoms with E-state index in [0.717, 1.165) is 11.0 Å². The number of hydrogen-bond acceptors (Lipinski definition) is 2. The van der Waals surface area contributed by atoms with Crippen molar-refractivity contribution in [3.63, 3.8) is 0 Å². The Balaban J connectivity index is 2.10. The lowest BCUT2D eigenvalue weighted by atomic mass is 10.2. The molecule has 0 spiro atoms. The first-order valence-electron chi connectivity index (χ1n) is 5.31. The number of thiophene rings is 1. The minimum absolute atomic E-state index is 0.869. The summed E-state index contributed by atoms with van der Waals surface area (Å²) in [4.78, 5) is 2.67. The van der Waals surface area contributed by atoms with E-state index < -0.39 is 0 Å². The van der Waals surface area contributed by atoms with E-state index in [2.05, 4.69) is 75.3 Å². The Morgan fingerprint density at radius 1 is 1.18 bits per heavy atom. The van der Waals surface area contributed by atoms with Crippen molar-refractivity contribution in [1.29, 1.82) is 0 Å². The molecule has 0 radical (unpaired) electrons. The molecular formula is C13H13Br2NS. The zero-order chi connectivity index (χ0) is 12.4. The van der Waals surface area contributed by atoms with Gasteiger partial charge in [0.25, 0.3) is 0 Å². The van der Waals surface area contributed by atoms with E-state index in [4.69, 9.17) is 0 Å². The molecule has 1 aromatic heterocycles. The Bertz CT molecular complexity index is 515. The van der Waals surface area contributed by atoms with E-state index >= 15 is 0 Å². The summed E-state index contributed by atoms with van der Waals surface area (Å²) in [6.07, 6.45) is 0. The van der Waals surface area contributed by atoms with Gasteiger partial charge in [-0.05, 0) is 53.5 Å². The van der Waals surface area contributed by atoms with Crippen LogP contribution in [0.2, 0.25) is 0 Å². The van der Waals surface area contributed by atoms with Gasteiger partial charge in [0.1, 0.15) is 0 Å². The second-order valence-electron chi connectivity index (χ2n) is 3.88. The molecule has 90 valence electrons. The molecule has 2 rings (SSSR count). The molecule has 0 saturated heterocycles. The summed E-state index contributed by atoms with van der Waals surface area (Å²) in [5.74, 6) is 0. The minimum atomic E-state index is 0.869. The van der Waals surface area contributed by atoms with Gasteiger partial charge in [-0.25, -0.2) is 0 Å². The Morgan fingerprint density at radius 3 is 2.59 bits per heavy atom. The van der Waals surface area contributed by atoms with Gasteiger partial charge in [-0.1, -0.05) is 22.0 Å².